The summed E-state index contributed by atoms with van der Waals surface area (Å²) in [7, 11) is 0. The zero-order valence-corrected chi connectivity index (χ0v) is 15.4. The molecular weight excluding hydrogens is 338 g/mol. The minimum absolute atomic E-state index is 0.327. The van der Waals surface area contributed by atoms with Crippen LogP contribution in [0, 0.1) is 0 Å². The molecule has 0 unspecified atom stereocenters. The van der Waals surface area contributed by atoms with Crippen molar-refractivity contribution in [2.45, 2.75) is 13.8 Å². The van der Waals surface area contributed by atoms with Gasteiger partial charge in [-0.3, -0.25) is 0 Å². The molecule has 0 aliphatic carbocycles. The number of carbonyl (C=O) groups excluding carboxylic acids is 1. The van der Waals surface area contributed by atoms with E-state index < -0.39 is 0 Å². The quantitative estimate of drug-likeness (QED) is 0.474. The fourth-order valence-electron chi connectivity index (χ4n) is 3.56. The molecule has 1 N–H and O–H groups in total. The van der Waals surface area contributed by atoms with Crippen molar-refractivity contribution in [3.8, 4) is 16.9 Å². The molecule has 27 heavy (non-hydrogen) atoms. The van der Waals surface area contributed by atoms with Crippen LogP contribution in [-0.4, -0.2) is 24.2 Å². The monoisotopic (exact) mass is 359 g/mol. The molecule has 0 aliphatic heterocycles. The van der Waals surface area contributed by atoms with Gasteiger partial charge in [0.05, 0.1) is 18.7 Å². The lowest BCUT2D eigenvalue weighted by Crippen LogP contribution is -2.06. The van der Waals surface area contributed by atoms with Gasteiger partial charge in [0, 0.05) is 22.4 Å². The molecule has 0 aliphatic rings. The van der Waals surface area contributed by atoms with Crippen molar-refractivity contribution in [1.29, 1.82) is 0 Å². The lowest BCUT2D eigenvalue weighted by molar-refractivity contribution is 0.0521. The van der Waals surface area contributed by atoms with E-state index in [0.29, 0.717) is 18.9 Å². The van der Waals surface area contributed by atoms with E-state index in [9.17, 15) is 4.79 Å². The maximum absolute atomic E-state index is 12.7. The molecule has 0 atom stereocenters. The maximum Gasteiger partial charge on any atom is 0.355 e. The average molecular weight is 359 g/mol. The highest BCUT2D eigenvalue weighted by Gasteiger charge is 2.23. The summed E-state index contributed by atoms with van der Waals surface area (Å²) in [6.07, 6.45) is 0. The topological polar surface area (TPSA) is 51.3 Å². The standard InChI is InChI=1S/C23H21NO3/c1-3-26-19-14-18-21(17-13-9-8-12-16(17)19)20(15-10-6-5-7-11-15)22(24-18)23(25)27-4-2/h5-14,24H,3-4H2,1-2H3. The Hall–Kier alpha value is -3.27. The first-order chi connectivity index (χ1) is 13.2. The summed E-state index contributed by atoms with van der Waals surface area (Å²) >= 11 is 0. The minimum Gasteiger partial charge on any atom is -0.493 e. The Kier molecular flexibility index (Phi) is 4.55. The van der Waals surface area contributed by atoms with E-state index in [4.69, 9.17) is 9.47 Å². The summed E-state index contributed by atoms with van der Waals surface area (Å²) in [5.74, 6) is 0.450. The SMILES string of the molecule is CCOC(=O)c1[nH]c2cc(OCC)c3ccccc3c2c1-c1ccccc1. The number of nitrogens with one attached hydrogen (secondary N) is 1. The molecule has 4 heteroatoms. The van der Waals surface area contributed by atoms with Gasteiger partial charge in [-0.25, -0.2) is 4.79 Å². The Morgan fingerprint density at radius 1 is 0.926 bits per heavy atom. The van der Waals surface area contributed by atoms with E-state index in [2.05, 4.69) is 11.1 Å². The molecule has 4 aromatic rings. The van der Waals surface area contributed by atoms with Gasteiger partial charge in [-0.05, 0) is 24.8 Å². The van der Waals surface area contributed by atoms with Crippen LogP contribution in [0.2, 0.25) is 0 Å². The fraction of sp³-hybridized carbons (Fsp3) is 0.174. The van der Waals surface area contributed by atoms with Crippen molar-refractivity contribution in [3.05, 3.63) is 66.4 Å². The largest absolute Gasteiger partial charge is 0.493 e. The lowest BCUT2D eigenvalue weighted by Gasteiger charge is -2.10. The van der Waals surface area contributed by atoms with Crippen molar-refractivity contribution >= 4 is 27.6 Å². The van der Waals surface area contributed by atoms with E-state index in [1.54, 1.807) is 0 Å². The Morgan fingerprint density at radius 2 is 1.63 bits per heavy atom. The Bertz CT molecular complexity index is 1110. The first kappa shape index (κ1) is 17.2. The Labute approximate surface area is 157 Å². The second-order valence-electron chi connectivity index (χ2n) is 6.24. The number of esters is 1. The highest BCUT2D eigenvalue weighted by atomic mass is 16.5. The van der Waals surface area contributed by atoms with Crippen molar-refractivity contribution in [3.63, 3.8) is 0 Å². The van der Waals surface area contributed by atoms with Crippen molar-refractivity contribution in [2.75, 3.05) is 13.2 Å². The first-order valence-electron chi connectivity index (χ1n) is 9.17. The minimum atomic E-state index is -0.352. The molecule has 0 saturated carbocycles. The Morgan fingerprint density at radius 3 is 2.33 bits per heavy atom. The van der Waals surface area contributed by atoms with Gasteiger partial charge in [0.2, 0.25) is 0 Å². The number of rotatable bonds is 5. The van der Waals surface area contributed by atoms with Crippen LogP contribution in [-0.2, 0) is 4.74 Å². The molecule has 4 rings (SSSR count). The number of hydrogen-bond acceptors (Lipinski definition) is 3. The van der Waals surface area contributed by atoms with Crippen LogP contribution in [0.4, 0.5) is 0 Å². The van der Waals surface area contributed by atoms with E-state index >= 15 is 0 Å². The van der Waals surface area contributed by atoms with Crippen LogP contribution in [0.15, 0.2) is 60.7 Å². The highest BCUT2D eigenvalue weighted by Crippen LogP contribution is 2.41. The van der Waals surface area contributed by atoms with E-state index in [0.717, 1.165) is 38.6 Å². The smallest absolute Gasteiger partial charge is 0.355 e. The van der Waals surface area contributed by atoms with Crippen LogP contribution < -0.4 is 4.74 Å². The molecule has 0 amide bonds. The van der Waals surface area contributed by atoms with Gasteiger partial charge in [0.25, 0.3) is 0 Å². The third-order valence-corrected chi connectivity index (χ3v) is 4.61. The molecular formula is C23H21NO3. The molecule has 0 saturated heterocycles. The van der Waals surface area contributed by atoms with Gasteiger partial charge in [-0.15, -0.1) is 0 Å². The average Bonchev–Trinajstić information content (AvgIpc) is 3.09. The zero-order valence-electron chi connectivity index (χ0n) is 15.4. The summed E-state index contributed by atoms with van der Waals surface area (Å²) in [5, 5.41) is 3.07. The van der Waals surface area contributed by atoms with Crippen LogP contribution in [0.1, 0.15) is 24.3 Å². The number of benzene rings is 3. The van der Waals surface area contributed by atoms with Gasteiger partial charge in [0.15, 0.2) is 0 Å². The number of ether oxygens (including phenoxy) is 2. The summed E-state index contributed by atoms with van der Waals surface area (Å²) < 4.78 is 11.2. The van der Waals surface area contributed by atoms with Crippen LogP contribution in [0.25, 0.3) is 32.8 Å². The number of aromatic nitrogens is 1. The molecule has 4 nitrogen and oxygen atoms in total. The molecule has 0 bridgehead atoms. The highest BCUT2D eigenvalue weighted by molar-refractivity contribution is 6.19. The van der Waals surface area contributed by atoms with Gasteiger partial charge < -0.3 is 14.5 Å². The van der Waals surface area contributed by atoms with Gasteiger partial charge >= 0.3 is 5.97 Å². The lowest BCUT2D eigenvalue weighted by atomic mass is 9.97. The van der Waals surface area contributed by atoms with Gasteiger partial charge in [-0.1, -0.05) is 54.6 Å². The predicted molar refractivity (Wildman–Crippen MR) is 108 cm³/mol. The number of carbonyl (C=O) groups is 1. The summed E-state index contributed by atoms with van der Waals surface area (Å²) in [4.78, 5) is 16.0. The molecule has 1 heterocycles. The second kappa shape index (κ2) is 7.16. The predicted octanol–water partition coefficient (Wildman–Crippen LogP) is 5.56. The van der Waals surface area contributed by atoms with Gasteiger partial charge in [-0.2, -0.15) is 0 Å². The molecule has 136 valence electrons. The molecule has 1 aromatic heterocycles. The van der Waals surface area contributed by atoms with Gasteiger partial charge in [0.1, 0.15) is 11.4 Å². The fourth-order valence-corrected chi connectivity index (χ4v) is 3.56. The van der Waals surface area contributed by atoms with Crippen molar-refractivity contribution in [1.82, 2.24) is 4.98 Å². The third kappa shape index (κ3) is 2.93. The molecule has 0 spiro atoms. The summed E-state index contributed by atoms with van der Waals surface area (Å²) in [6, 6.07) is 20.0. The van der Waals surface area contributed by atoms with Crippen molar-refractivity contribution in [2.24, 2.45) is 0 Å². The number of hydrogen-bond donors (Lipinski definition) is 1. The van der Waals surface area contributed by atoms with E-state index in [1.807, 2.05) is 68.4 Å². The van der Waals surface area contributed by atoms with Crippen LogP contribution >= 0.6 is 0 Å². The Balaban J connectivity index is 2.12. The normalized spacial score (nSPS) is 11.0. The zero-order chi connectivity index (χ0) is 18.8. The molecule has 0 radical (unpaired) electrons. The number of H-pyrrole nitrogens is 1. The third-order valence-electron chi connectivity index (χ3n) is 4.61. The van der Waals surface area contributed by atoms with Crippen LogP contribution in [0.5, 0.6) is 5.75 Å². The number of fused-ring (bicyclic) bond motifs is 3. The second-order valence-corrected chi connectivity index (χ2v) is 6.24. The summed E-state index contributed by atoms with van der Waals surface area (Å²) in [5.41, 5.74) is 3.17. The molecule has 3 aromatic carbocycles. The van der Waals surface area contributed by atoms with E-state index in [-0.39, 0.29) is 5.97 Å². The molecule has 0 fully saturated rings. The first-order valence-corrected chi connectivity index (χ1v) is 9.17. The van der Waals surface area contributed by atoms with Crippen LogP contribution in [0.3, 0.4) is 0 Å². The summed E-state index contributed by atoms with van der Waals surface area (Å²) in [6.45, 7) is 4.68. The van der Waals surface area contributed by atoms with Crippen molar-refractivity contribution < 1.29 is 14.3 Å². The van der Waals surface area contributed by atoms with E-state index in [1.165, 1.54) is 0 Å². The number of aromatic amines is 1. The maximum atomic E-state index is 12.7.